The van der Waals surface area contributed by atoms with Crippen molar-refractivity contribution in [2.75, 3.05) is 6.61 Å². The van der Waals surface area contributed by atoms with Crippen LogP contribution in [-0.2, 0) is 6.42 Å². The highest BCUT2D eigenvalue weighted by molar-refractivity contribution is 9.10. The van der Waals surface area contributed by atoms with Gasteiger partial charge in [-0.2, -0.15) is 0 Å². The number of nitrogens with two attached hydrogens (primary N) is 1. The van der Waals surface area contributed by atoms with Gasteiger partial charge < -0.3 is 10.5 Å². The Kier molecular flexibility index (Phi) is 4.09. The van der Waals surface area contributed by atoms with E-state index in [1.165, 1.54) is 5.56 Å². The van der Waals surface area contributed by atoms with Crippen LogP contribution >= 0.6 is 43.5 Å². The van der Waals surface area contributed by atoms with Crippen LogP contribution in [0.2, 0.25) is 5.02 Å². The summed E-state index contributed by atoms with van der Waals surface area (Å²) >= 11 is 13.3. The minimum atomic E-state index is -0.315. The summed E-state index contributed by atoms with van der Waals surface area (Å²) in [6, 6.07) is 9.56. The van der Waals surface area contributed by atoms with Gasteiger partial charge >= 0.3 is 0 Å². The van der Waals surface area contributed by atoms with Crippen LogP contribution in [0.5, 0.6) is 5.75 Å². The first-order valence-electron chi connectivity index (χ1n) is 6.22. The van der Waals surface area contributed by atoms with Crippen LogP contribution in [0.25, 0.3) is 0 Å². The zero-order valence-corrected chi connectivity index (χ0v) is 14.4. The summed E-state index contributed by atoms with van der Waals surface area (Å²) in [5, 5.41) is 0.645. The van der Waals surface area contributed by atoms with Gasteiger partial charge in [0.15, 0.2) is 0 Å². The monoisotopic (exact) mass is 415 g/mol. The molecule has 2 N–H and O–H groups in total. The Morgan fingerprint density at radius 1 is 1.20 bits per heavy atom. The molecule has 1 aliphatic heterocycles. The predicted molar refractivity (Wildman–Crippen MR) is 88.5 cm³/mol. The molecule has 0 aromatic heterocycles. The van der Waals surface area contributed by atoms with Crippen LogP contribution in [0.15, 0.2) is 39.3 Å². The molecule has 0 amide bonds. The number of halogens is 3. The van der Waals surface area contributed by atoms with Gasteiger partial charge in [0.2, 0.25) is 0 Å². The summed E-state index contributed by atoms with van der Waals surface area (Å²) in [5.41, 5.74) is 9.46. The maximum absolute atomic E-state index is 6.42. The smallest absolute Gasteiger partial charge is 0.127 e. The molecule has 0 saturated carbocycles. The van der Waals surface area contributed by atoms with Crippen molar-refractivity contribution in [2.45, 2.75) is 12.5 Å². The molecule has 3 rings (SSSR count). The molecule has 0 fully saturated rings. The lowest BCUT2D eigenvalue weighted by Gasteiger charge is -2.18. The van der Waals surface area contributed by atoms with E-state index in [0.29, 0.717) is 11.6 Å². The highest BCUT2D eigenvalue weighted by Crippen LogP contribution is 2.40. The van der Waals surface area contributed by atoms with Gasteiger partial charge in [-0.05, 0) is 45.3 Å². The Balaban J connectivity index is 2.11. The lowest BCUT2D eigenvalue weighted by Crippen LogP contribution is -2.13. The van der Waals surface area contributed by atoms with E-state index in [0.717, 1.165) is 32.2 Å². The standard InChI is InChI=1S/C15H12Br2ClNO/c16-9-6-8-4-5-20-15(8)11(7-9)14(19)10-2-1-3-12(17)13(10)18/h1-3,6-7,14H,4-5,19H2. The highest BCUT2D eigenvalue weighted by atomic mass is 79.9. The zero-order valence-electron chi connectivity index (χ0n) is 10.5. The van der Waals surface area contributed by atoms with Crippen molar-refractivity contribution in [3.05, 3.63) is 61.0 Å². The molecule has 20 heavy (non-hydrogen) atoms. The maximum atomic E-state index is 6.42. The van der Waals surface area contributed by atoms with Crippen molar-refractivity contribution in [3.63, 3.8) is 0 Å². The number of ether oxygens (including phenoxy) is 1. The van der Waals surface area contributed by atoms with Gasteiger partial charge in [0.25, 0.3) is 0 Å². The molecule has 5 heteroatoms. The average molecular weight is 418 g/mol. The van der Waals surface area contributed by atoms with Gasteiger partial charge in [0, 0.05) is 20.9 Å². The molecular weight excluding hydrogens is 405 g/mol. The topological polar surface area (TPSA) is 35.2 Å². The van der Waals surface area contributed by atoms with Crippen molar-refractivity contribution in [1.29, 1.82) is 0 Å². The third kappa shape index (κ3) is 2.50. The molecule has 1 heterocycles. The molecule has 0 saturated heterocycles. The van der Waals surface area contributed by atoms with Crippen molar-refractivity contribution in [3.8, 4) is 5.75 Å². The normalized spacial score (nSPS) is 14.8. The molecule has 2 nitrogen and oxygen atoms in total. The van der Waals surface area contributed by atoms with E-state index < -0.39 is 0 Å². The number of rotatable bonds is 2. The van der Waals surface area contributed by atoms with Crippen molar-refractivity contribution < 1.29 is 4.74 Å². The van der Waals surface area contributed by atoms with Crippen molar-refractivity contribution >= 4 is 43.5 Å². The minimum Gasteiger partial charge on any atom is -0.493 e. The van der Waals surface area contributed by atoms with E-state index in [1.807, 2.05) is 24.3 Å². The second kappa shape index (κ2) is 5.68. The van der Waals surface area contributed by atoms with Gasteiger partial charge in [-0.3, -0.25) is 0 Å². The number of benzene rings is 2. The molecule has 0 bridgehead atoms. The Morgan fingerprint density at radius 2 is 2.00 bits per heavy atom. The molecule has 0 aliphatic carbocycles. The summed E-state index contributed by atoms with van der Waals surface area (Å²) in [7, 11) is 0. The number of hydrogen-bond acceptors (Lipinski definition) is 2. The second-order valence-electron chi connectivity index (χ2n) is 4.70. The third-order valence-electron chi connectivity index (χ3n) is 3.43. The van der Waals surface area contributed by atoms with Crippen molar-refractivity contribution in [2.24, 2.45) is 5.73 Å². The largest absolute Gasteiger partial charge is 0.493 e. The first kappa shape index (κ1) is 14.4. The molecule has 2 aromatic rings. The van der Waals surface area contributed by atoms with Crippen LogP contribution in [0, 0.1) is 0 Å². The summed E-state index contributed by atoms with van der Waals surface area (Å²) in [6.07, 6.45) is 0.917. The highest BCUT2D eigenvalue weighted by Gasteiger charge is 2.23. The quantitative estimate of drug-likeness (QED) is 0.758. The van der Waals surface area contributed by atoms with E-state index in [2.05, 4.69) is 37.9 Å². The fourth-order valence-corrected chi connectivity index (χ4v) is 3.61. The summed E-state index contributed by atoms with van der Waals surface area (Å²) in [5.74, 6) is 0.900. The Morgan fingerprint density at radius 3 is 2.80 bits per heavy atom. The lowest BCUT2D eigenvalue weighted by atomic mass is 9.96. The van der Waals surface area contributed by atoms with Crippen LogP contribution < -0.4 is 10.5 Å². The van der Waals surface area contributed by atoms with Gasteiger partial charge in [-0.1, -0.05) is 39.7 Å². The SMILES string of the molecule is NC(c1cccc(Br)c1Cl)c1cc(Br)cc2c1OCC2. The fourth-order valence-electron chi connectivity index (χ4n) is 2.46. The molecule has 1 aliphatic rings. The van der Waals surface area contributed by atoms with E-state index in [-0.39, 0.29) is 6.04 Å². The van der Waals surface area contributed by atoms with Gasteiger partial charge in [-0.25, -0.2) is 0 Å². The Bertz CT molecular complexity index is 675. The van der Waals surface area contributed by atoms with E-state index >= 15 is 0 Å². The maximum Gasteiger partial charge on any atom is 0.127 e. The van der Waals surface area contributed by atoms with E-state index in [4.69, 9.17) is 22.1 Å². The van der Waals surface area contributed by atoms with Gasteiger partial charge in [0.05, 0.1) is 17.7 Å². The first-order chi connectivity index (χ1) is 9.58. The van der Waals surface area contributed by atoms with Crippen LogP contribution in [0.4, 0.5) is 0 Å². The molecule has 104 valence electrons. The van der Waals surface area contributed by atoms with Crippen molar-refractivity contribution in [1.82, 2.24) is 0 Å². The van der Waals surface area contributed by atoms with Crippen LogP contribution in [-0.4, -0.2) is 6.61 Å². The zero-order chi connectivity index (χ0) is 14.3. The molecule has 0 spiro atoms. The average Bonchev–Trinajstić information content (AvgIpc) is 2.88. The Hall–Kier alpha value is -0.550. The van der Waals surface area contributed by atoms with Gasteiger partial charge in [-0.15, -0.1) is 0 Å². The lowest BCUT2D eigenvalue weighted by molar-refractivity contribution is 0.352. The molecule has 1 unspecified atom stereocenters. The summed E-state index contributed by atoms with van der Waals surface area (Å²) in [4.78, 5) is 0. The second-order valence-corrected chi connectivity index (χ2v) is 6.85. The molecule has 2 aromatic carbocycles. The summed E-state index contributed by atoms with van der Waals surface area (Å²) in [6.45, 7) is 0.706. The fraction of sp³-hybridized carbons (Fsp3) is 0.200. The number of fused-ring (bicyclic) bond motifs is 1. The van der Waals surface area contributed by atoms with Gasteiger partial charge in [0.1, 0.15) is 5.75 Å². The predicted octanol–water partition coefficient (Wildman–Crippen LogP) is 4.85. The molecule has 1 atom stereocenters. The number of hydrogen-bond donors (Lipinski definition) is 1. The minimum absolute atomic E-state index is 0.315. The van der Waals surface area contributed by atoms with E-state index in [1.54, 1.807) is 0 Å². The van der Waals surface area contributed by atoms with Crippen LogP contribution in [0.1, 0.15) is 22.7 Å². The van der Waals surface area contributed by atoms with E-state index in [9.17, 15) is 0 Å². The van der Waals surface area contributed by atoms with Crippen LogP contribution in [0.3, 0.4) is 0 Å². The molecule has 0 radical (unpaired) electrons. The third-order valence-corrected chi connectivity index (χ3v) is 5.20. The summed E-state index contributed by atoms with van der Waals surface area (Å²) < 4.78 is 7.60. The first-order valence-corrected chi connectivity index (χ1v) is 8.19. The molecular formula is C15H12Br2ClNO. The Labute approximate surface area is 139 Å².